The van der Waals surface area contributed by atoms with Crippen molar-refractivity contribution in [1.82, 2.24) is 25.7 Å². The smallest absolute Gasteiger partial charge is 0.357 e. The Kier molecular flexibility index (Phi) is 7.85. The summed E-state index contributed by atoms with van der Waals surface area (Å²) in [5.74, 6) is 0.165. The van der Waals surface area contributed by atoms with Gasteiger partial charge in [0.25, 0.3) is 5.91 Å². The van der Waals surface area contributed by atoms with Gasteiger partial charge in [-0.2, -0.15) is 18.3 Å². The first kappa shape index (κ1) is 23.2. The molecule has 0 aliphatic heterocycles. The van der Waals surface area contributed by atoms with Crippen molar-refractivity contribution in [2.45, 2.75) is 33.5 Å². The van der Waals surface area contributed by atoms with Crippen LogP contribution in [0.4, 0.5) is 13.2 Å². The molecular formula is C20H27F3N6O. The number of carbonyl (C=O) groups is 1. The van der Waals surface area contributed by atoms with Crippen LogP contribution >= 0.6 is 0 Å². The van der Waals surface area contributed by atoms with Crippen LogP contribution in [0.1, 0.15) is 39.8 Å². The lowest BCUT2D eigenvalue weighted by atomic mass is 10.1. The molecule has 0 fully saturated rings. The number of aromatic nitrogens is 2. The van der Waals surface area contributed by atoms with E-state index in [1.54, 1.807) is 0 Å². The molecule has 1 heterocycles. The molecule has 0 radical (unpaired) electrons. The molecule has 1 amide bonds. The number of aliphatic imine (C=N–C) groups is 1. The van der Waals surface area contributed by atoms with Crippen LogP contribution in [0.2, 0.25) is 0 Å². The van der Waals surface area contributed by atoms with E-state index in [-0.39, 0.29) is 12.1 Å². The average Bonchev–Trinajstić information content (AvgIpc) is 2.94. The van der Waals surface area contributed by atoms with Crippen LogP contribution < -0.4 is 16.0 Å². The zero-order valence-corrected chi connectivity index (χ0v) is 17.5. The molecule has 2 rings (SSSR count). The molecule has 3 N–H and O–H groups in total. The summed E-state index contributed by atoms with van der Waals surface area (Å²) in [6.07, 6.45) is -4.42. The second kappa shape index (κ2) is 10.1. The molecule has 0 saturated carbocycles. The number of alkyl halides is 3. The summed E-state index contributed by atoms with van der Waals surface area (Å²) >= 11 is 0. The molecule has 10 heteroatoms. The minimum absolute atomic E-state index is 0.172. The lowest BCUT2D eigenvalue weighted by Gasteiger charge is -2.12. The number of nitrogens with one attached hydrogen (secondary N) is 3. The maximum atomic E-state index is 12.6. The molecule has 7 nitrogen and oxygen atoms in total. The van der Waals surface area contributed by atoms with Gasteiger partial charge in [0, 0.05) is 43.5 Å². The lowest BCUT2D eigenvalue weighted by molar-refractivity contribution is -0.137. The van der Waals surface area contributed by atoms with Crippen LogP contribution in [0, 0.1) is 13.8 Å². The van der Waals surface area contributed by atoms with E-state index in [4.69, 9.17) is 0 Å². The number of halogens is 3. The number of nitrogens with zero attached hydrogens (tertiary/aromatic N) is 3. The Hall–Kier alpha value is -3.04. The fourth-order valence-corrected chi connectivity index (χ4v) is 2.82. The predicted octanol–water partition coefficient (Wildman–Crippen LogP) is 2.54. The summed E-state index contributed by atoms with van der Waals surface area (Å²) in [7, 11) is 1.89. The Morgan fingerprint density at radius 3 is 2.27 bits per heavy atom. The highest BCUT2D eigenvalue weighted by atomic mass is 19.4. The first-order valence-electron chi connectivity index (χ1n) is 9.60. The summed E-state index contributed by atoms with van der Waals surface area (Å²) in [6.45, 7) is 7.72. The van der Waals surface area contributed by atoms with E-state index in [9.17, 15) is 18.0 Å². The van der Waals surface area contributed by atoms with E-state index >= 15 is 0 Å². The predicted molar refractivity (Wildman–Crippen MR) is 109 cm³/mol. The minimum Gasteiger partial charge on any atom is -0.357 e. The maximum absolute atomic E-state index is 12.6. The molecule has 0 aliphatic rings. The number of benzene rings is 1. The molecule has 0 spiro atoms. The van der Waals surface area contributed by atoms with Gasteiger partial charge in [-0.1, -0.05) is 0 Å². The second-order valence-corrected chi connectivity index (χ2v) is 6.73. The van der Waals surface area contributed by atoms with Gasteiger partial charge in [-0.3, -0.25) is 9.48 Å². The van der Waals surface area contributed by atoms with E-state index in [2.05, 4.69) is 26.0 Å². The Labute approximate surface area is 173 Å². The van der Waals surface area contributed by atoms with Gasteiger partial charge < -0.3 is 16.0 Å². The Morgan fingerprint density at radius 2 is 1.73 bits per heavy atom. The summed E-state index contributed by atoms with van der Waals surface area (Å²) in [6, 6.07) is 4.11. The molecule has 0 atom stereocenters. The van der Waals surface area contributed by atoms with E-state index in [1.165, 1.54) is 0 Å². The van der Waals surface area contributed by atoms with Crippen molar-refractivity contribution < 1.29 is 18.0 Å². The molecule has 0 unspecified atom stereocenters. The number of aryl methyl sites for hydroxylation is 2. The monoisotopic (exact) mass is 424 g/mol. The third-order valence-corrected chi connectivity index (χ3v) is 4.58. The zero-order chi connectivity index (χ0) is 22.3. The summed E-state index contributed by atoms with van der Waals surface area (Å²) in [4.78, 5) is 16.6. The van der Waals surface area contributed by atoms with Gasteiger partial charge in [0.2, 0.25) is 0 Å². The lowest BCUT2D eigenvalue weighted by Crippen LogP contribution is -2.41. The molecule has 1 aromatic heterocycles. The van der Waals surface area contributed by atoms with Crippen molar-refractivity contribution in [1.29, 1.82) is 0 Å². The van der Waals surface area contributed by atoms with Gasteiger partial charge in [-0.15, -0.1) is 0 Å². The van der Waals surface area contributed by atoms with Crippen LogP contribution in [0.3, 0.4) is 0 Å². The Morgan fingerprint density at radius 1 is 1.10 bits per heavy atom. The summed E-state index contributed by atoms with van der Waals surface area (Å²) in [5.41, 5.74) is 2.43. The summed E-state index contributed by atoms with van der Waals surface area (Å²) in [5, 5.41) is 13.3. The largest absolute Gasteiger partial charge is 0.416 e. The Balaban J connectivity index is 1.86. The van der Waals surface area contributed by atoms with Crippen molar-refractivity contribution in [2.75, 3.05) is 19.6 Å². The van der Waals surface area contributed by atoms with Crippen molar-refractivity contribution in [3.05, 3.63) is 52.3 Å². The van der Waals surface area contributed by atoms with Crippen molar-refractivity contribution >= 4 is 11.9 Å². The van der Waals surface area contributed by atoms with Crippen molar-refractivity contribution in [2.24, 2.45) is 12.0 Å². The van der Waals surface area contributed by atoms with Crippen LogP contribution in [-0.2, 0) is 19.8 Å². The van der Waals surface area contributed by atoms with E-state index in [0.717, 1.165) is 41.2 Å². The molecule has 30 heavy (non-hydrogen) atoms. The number of rotatable bonds is 7. The highest BCUT2D eigenvalue weighted by Crippen LogP contribution is 2.29. The molecular weight excluding hydrogens is 397 g/mol. The number of guanidine groups is 1. The zero-order valence-electron chi connectivity index (χ0n) is 17.5. The molecule has 0 bridgehead atoms. The number of hydrogen-bond donors (Lipinski definition) is 3. The maximum Gasteiger partial charge on any atom is 0.416 e. The van der Waals surface area contributed by atoms with Gasteiger partial charge >= 0.3 is 6.18 Å². The van der Waals surface area contributed by atoms with Gasteiger partial charge in [-0.05, 0) is 45.0 Å². The quantitative estimate of drug-likeness (QED) is 0.362. The van der Waals surface area contributed by atoms with Gasteiger partial charge in [0.1, 0.15) is 0 Å². The highest BCUT2D eigenvalue weighted by molar-refractivity contribution is 5.94. The van der Waals surface area contributed by atoms with Crippen LogP contribution in [0.15, 0.2) is 29.3 Å². The van der Waals surface area contributed by atoms with Crippen molar-refractivity contribution in [3.8, 4) is 0 Å². The molecule has 1 aromatic carbocycles. The molecule has 0 saturated heterocycles. The Bertz CT molecular complexity index is 887. The first-order chi connectivity index (χ1) is 14.1. The normalized spacial score (nSPS) is 12.0. The van der Waals surface area contributed by atoms with Gasteiger partial charge in [0.15, 0.2) is 5.96 Å². The average molecular weight is 424 g/mol. The van der Waals surface area contributed by atoms with E-state index < -0.39 is 17.6 Å². The summed E-state index contributed by atoms with van der Waals surface area (Å²) < 4.78 is 39.6. The molecule has 0 aliphatic carbocycles. The third kappa shape index (κ3) is 6.23. The fraction of sp³-hybridized carbons (Fsp3) is 0.450. The molecule has 164 valence electrons. The SMILES string of the molecule is CCNC(=NCc1c(C)nn(C)c1C)NCCNC(=O)c1ccc(C(F)(F)F)cc1. The van der Waals surface area contributed by atoms with E-state index in [0.29, 0.717) is 25.6 Å². The number of amides is 1. The van der Waals surface area contributed by atoms with Crippen LogP contribution in [0.5, 0.6) is 0 Å². The van der Waals surface area contributed by atoms with Crippen LogP contribution in [-0.4, -0.2) is 41.3 Å². The van der Waals surface area contributed by atoms with Crippen molar-refractivity contribution in [3.63, 3.8) is 0 Å². The fourth-order valence-electron chi connectivity index (χ4n) is 2.82. The standard InChI is InChI=1S/C20H27F3N6O/c1-5-24-19(27-12-17-13(2)28-29(4)14(17)3)26-11-10-25-18(30)15-6-8-16(9-7-15)20(21,22)23/h6-9H,5,10-12H2,1-4H3,(H,25,30)(H2,24,26,27). The van der Waals surface area contributed by atoms with Gasteiger partial charge in [-0.25, -0.2) is 4.99 Å². The highest BCUT2D eigenvalue weighted by Gasteiger charge is 2.30. The minimum atomic E-state index is -4.42. The first-order valence-corrected chi connectivity index (χ1v) is 9.60. The van der Waals surface area contributed by atoms with Gasteiger partial charge in [0.05, 0.1) is 17.8 Å². The van der Waals surface area contributed by atoms with Crippen LogP contribution in [0.25, 0.3) is 0 Å². The number of hydrogen-bond acceptors (Lipinski definition) is 3. The second-order valence-electron chi connectivity index (χ2n) is 6.73. The topological polar surface area (TPSA) is 83.3 Å². The third-order valence-electron chi connectivity index (χ3n) is 4.58. The number of carbonyl (C=O) groups excluding carboxylic acids is 1. The van der Waals surface area contributed by atoms with E-state index in [1.807, 2.05) is 32.5 Å². The molecule has 2 aromatic rings.